The van der Waals surface area contributed by atoms with E-state index in [1.165, 1.54) is 16.7 Å². The largest absolute Gasteiger partial charge is 0.381 e. The SMILES string of the molecule is Cc1ccc(CNc2ccc(-n3cccn3)cc2)c(C)c1. The lowest BCUT2D eigenvalue weighted by molar-refractivity contribution is 0.880. The van der Waals surface area contributed by atoms with Crippen molar-refractivity contribution in [1.82, 2.24) is 9.78 Å². The topological polar surface area (TPSA) is 29.9 Å². The van der Waals surface area contributed by atoms with Crippen molar-refractivity contribution in [2.45, 2.75) is 20.4 Å². The van der Waals surface area contributed by atoms with Crippen molar-refractivity contribution in [3.63, 3.8) is 0 Å². The summed E-state index contributed by atoms with van der Waals surface area (Å²) in [4.78, 5) is 0. The fourth-order valence-corrected chi connectivity index (χ4v) is 2.39. The van der Waals surface area contributed by atoms with E-state index >= 15 is 0 Å². The molecule has 0 aliphatic heterocycles. The van der Waals surface area contributed by atoms with Gasteiger partial charge >= 0.3 is 0 Å². The molecule has 2 aromatic carbocycles. The van der Waals surface area contributed by atoms with Gasteiger partial charge in [-0.2, -0.15) is 5.10 Å². The summed E-state index contributed by atoms with van der Waals surface area (Å²) in [5, 5.41) is 7.69. The monoisotopic (exact) mass is 277 g/mol. The van der Waals surface area contributed by atoms with Gasteiger partial charge in [0.05, 0.1) is 5.69 Å². The third-order valence-corrected chi connectivity index (χ3v) is 3.62. The summed E-state index contributed by atoms with van der Waals surface area (Å²) in [7, 11) is 0. The van der Waals surface area contributed by atoms with Gasteiger partial charge in [0.25, 0.3) is 0 Å². The van der Waals surface area contributed by atoms with Crippen molar-refractivity contribution < 1.29 is 0 Å². The zero-order valence-corrected chi connectivity index (χ0v) is 12.4. The molecule has 0 saturated carbocycles. The minimum atomic E-state index is 0.841. The number of nitrogens with one attached hydrogen (secondary N) is 1. The molecule has 3 nitrogen and oxygen atoms in total. The van der Waals surface area contributed by atoms with Crippen LogP contribution >= 0.6 is 0 Å². The molecule has 0 amide bonds. The zero-order chi connectivity index (χ0) is 14.7. The van der Waals surface area contributed by atoms with Crippen molar-refractivity contribution in [3.05, 3.63) is 77.6 Å². The Morgan fingerprint density at radius 1 is 1.05 bits per heavy atom. The van der Waals surface area contributed by atoms with Crippen LogP contribution < -0.4 is 5.32 Å². The molecule has 0 saturated heterocycles. The van der Waals surface area contributed by atoms with Gasteiger partial charge in [-0.3, -0.25) is 0 Å². The molecule has 3 heteroatoms. The van der Waals surface area contributed by atoms with Gasteiger partial charge in [-0.25, -0.2) is 4.68 Å². The van der Waals surface area contributed by atoms with Crippen LogP contribution in [-0.2, 0) is 6.54 Å². The second-order valence-corrected chi connectivity index (χ2v) is 5.28. The molecular weight excluding hydrogens is 258 g/mol. The molecule has 0 aliphatic carbocycles. The van der Waals surface area contributed by atoms with Gasteiger partial charge in [0.1, 0.15) is 0 Å². The van der Waals surface area contributed by atoms with Crippen LogP contribution in [0.25, 0.3) is 5.69 Å². The van der Waals surface area contributed by atoms with Gasteiger partial charge in [0, 0.05) is 24.6 Å². The maximum Gasteiger partial charge on any atom is 0.0647 e. The lowest BCUT2D eigenvalue weighted by atomic mass is 10.1. The van der Waals surface area contributed by atoms with Crippen molar-refractivity contribution in [2.75, 3.05) is 5.32 Å². The molecule has 106 valence electrons. The zero-order valence-electron chi connectivity index (χ0n) is 12.4. The van der Waals surface area contributed by atoms with Gasteiger partial charge < -0.3 is 5.32 Å². The molecule has 0 bridgehead atoms. The summed E-state index contributed by atoms with van der Waals surface area (Å²) in [6, 6.07) is 16.8. The third kappa shape index (κ3) is 3.14. The first kappa shape index (κ1) is 13.4. The highest BCUT2D eigenvalue weighted by molar-refractivity contribution is 5.49. The van der Waals surface area contributed by atoms with Gasteiger partial charge in [-0.15, -0.1) is 0 Å². The fourth-order valence-electron chi connectivity index (χ4n) is 2.39. The highest BCUT2D eigenvalue weighted by atomic mass is 15.3. The quantitative estimate of drug-likeness (QED) is 0.778. The summed E-state index contributed by atoms with van der Waals surface area (Å²) in [5.74, 6) is 0. The first-order valence-electron chi connectivity index (χ1n) is 7.12. The van der Waals surface area contributed by atoms with Gasteiger partial charge in [-0.05, 0) is 55.3 Å². The Bertz CT molecular complexity index is 713. The molecule has 1 aromatic heterocycles. The van der Waals surface area contributed by atoms with Crippen molar-refractivity contribution in [2.24, 2.45) is 0 Å². The summed E-state index contributed by atoms with van der Waals surface area (Å²) in [6.45, 7) is 5.12. The molecule has 3 aromatic rings. The molecule has 0 atom stereocenters. The van der Waals surface area contributed by atoms with Crippen molar-refractivity contribution >= 4 is 5.69 Å². The van der Waals surface area contributed by atoms with Crippen LogP contribution in [0.15, 0.2) is 60.9 Å². The standard InChI is InChI=1S/C18H19N3/c1-14-4-5-16(15(2)12-14)13-19-17-6-8-18(9-7-17)21-11-3-10-20-21/h3-12,19H,13H2,1-2H3. The van der Waals surface area contributed by atoms with E-state index in [-0.39, 0.29) is 0 Å². The molecule has 0 unspecified atom stereocenters. The number of anilines is 1. The molecule has 0 aliphatic rings. The third-order valence-electron chi connectivity index (χ3n) is 3.62. The van der Waals surface area contributed by atoms with Crippen LogP contribution in [0.5, 0.6) is 0 Å². The number of hydrogen-bond donors (Lipinski definition) is 1. The maximum atomic E-state index is 4.23. The molecule has 1 heterocycles. The Morgan fingerprint density at radius 2 is 1.86 bits per heavy atom. The Labute approximate surface area is 125 Å². The van der Waals surface area contributed by atoms with E-state index in [4.69, 9.17) is 0 Å². The van der Waals surface area contributed by atoms with E-state index in [9.17, 15) is 0 Å². The Morgan fingerprint density at radius 3 is 2.52 bits per heavy atom. The fraction of sp³-hybridized carbons (Fsp3) is 0.167. The van der Waals surface area contributed by atoms with E-state index in [0.717, 1.165) is 17.9 Å². The van der Waals surface area contributed by atoms with E-state index in [1.807, 2.05) is 16.9 Å². The normalized spacial score (nSPS) is 10.6. The Hall–Kier alpha value is -2.55. The van der Waals surface area contributed by atoms with Gasteiger partial charge in [0.2, 0.25) is 0 Å². The molecule has 3 rings (SSSR count). The number of rotatable bonds is 4. The van der Waals surface area contributed by atoms with E-state index in [2.05, 4.69) is 66.7 Å². The second kappa shape index (κ2) is 5.83. The highest BCUT2D eigenvalue weighted by Crippen LogP contribution is 2.16. The number of aromatic nitrogens is 2. The van der Waals surface area contributed by atoms with Crippen LogP contribution in [0.3, 0.4) is 0 Å². The van der Waals surface area contributed by atoms with Crippen LogP contribution in [0.2, 0.25) is 0 Å². The average Bonchev–Trinajstić information content (AvgIpc) is 3.01. The molecule has 0 radical (unpaired) electrons. The Balaban J connectivity index is 1.68. The second-order valence-electron chi connectivity index (χ2n) is 5.28. The smallest absolute Gasteiger partial charge is 0.0647 e. The van der Waals surface area contributed by atoms with Crippen molar-refractivity contribution in [1.29, 1.82) is 0 Å². The van der Waals surface area contributed by atoms with Gasteiger partial charge in [0.15, 0.2) is 0 Å². The van der Waals surface area contributed by atoms with Crippen LogP contribution in [-0.4, -0.2) is 9.78 Å². The van der Waals surface area contributed by atoms with E-state index in [1.54, 1.807) is 6.20 Å². The molecular formula is C18H19N3. The van der Waals surface area contributed by atoms with Crippen LogP contribution in [0.4, 0.5) is 5.69 Å². The molecule has 0 fully saturated rings. The number of nitrogens with zero attached hydrogens (tertiary/aromatic N) is 2. The summed E-state index contributed by atoms with van der Waals surface area (Å²) in [6.07, 6.45) is 3.73. The molecule has 1 N–H and O–H groups in total. The minimum Gasteiger partial charge on any atom is -0.381 e. The van der Waals surface area contributed by atoms with Gasteiger partial charge in [-0.1, -0.05) is 23.8 Å². The number of benzene rings is 2. The van der Waals surface area contributed by atoms with Crippen LogP contribution in [0, 0.1) is 13.8 Å². The maximum absolute atomic E-state index is 4.23. The summed E-state index contributed by atoms with van der Waals surface area (Å²) in [5.41, 5.74) is 6.15. The molecule has 21 heavy (non-hydrogen) atoms. The predicted molar refractivity (Wildman–Crippen MR) is 86.8 cm³/mol. The lowest BCUT2D eigenvalue weighted by Gasteiger charge is -2.10. The summed E-state index contributed by atoms with van der Waals surface area (Å²) >= 11 is 0. The number of hydrogen-bond acceptors (Lipinski definition) is 2. The predicted octanol–water partition coefficient (Wildman–Crippen LogP) is 4.10. The minimum absolute atomic E-state index is 0.841. The van der Waals surface area contributed by atoms with Crippen LogP contribution in [0.1, 0.15) is 16.7 Å². The average molecular weight is 277 g/mol. The first-order chi connectivity index (χ1) is 10.2. The number of aryl methyl sites for hydroxylation is 2. The Kier molecular flexibility index (Phi) is 3.73. The summed E-state index contributed by atoms with van der Waals surface area (Å²) < 4.78 is 1.86. The van der Waals surface area contributed by atoms with E-state index < -0.39 is 0 Å². The highest BCUT2D eigenvalue weighted by Gasteiger charge is 2.00. The molecule has 0 spiro atoms. The van der Waals surface area contributed by atoms with E-state index in [0.29, 0.717) is 0 Å². The first-order valence-corrected chi connectivity index (χ1v) is 7.12. The lowest BCUT2D eigenvalue weighted by Crippen LogP contribution is -2.02. The van der Waals surface area contributed by atoms with Crippen molar-refractivity contribution in [3.8, 4) is 5.69 Å².